The number of benzene rings is 2. The predicted molar refractivity (Wildman–Crippen MR) is 130 cm³/mol. The molecule has 0 spiro atoms. The maximum absolute atomic E-state index is 12.7. The van der Waals surface area contributed by atoms with Crippen LogP contribution in [0.4, 0.5) is 11.6 Å². The van der Waals surface area contributed by atoms with Crippen LogP contribution in [-0.4, -0.2) is 54.1 Å². The molecule has 36 heavy (non-hydrogen) atoms. The number of carbonyl (C=O) groups is 2. The highest BCUT2D eigenvalue weighted by atomic mass is 35.5. The highest BCUT2D eigenvalue weighted by Crippen LogP contribution is 2.22. The number of methoxy groups -OCH3 is 1. The topological polar surface area (TPSA) is 156 Å². The summed E-state index contributed by atoms with van der Waals surface area (Å²) in [5.41, 5.74) is 0.819. The highest BCUT2D eigenvalue weighted by molar-refractivity contribution is 7.92. The van der Waals surface area contributed by atoms with Crippen LogP contribution >= 0.6 is 11.6 Å². The van der Waals surface area contributed by atoms with E-state index in [-0.39, 0.29) is 27.8 Å². The van der Waals surface area contributed by atoms with E-state index in [1.165, 1.54) is 68.0 Å². The molecule has 1 atom stereocenters. The second-order valence-electron chi connectivity index (χ2n) is 7.37. The van der Waals surface area contributed by atoms with Crippen LogP contribution in [0.1, 0.15) is 17.3 Å². The number of hydrogen-bond acceptors (Lipinski definition) is 10. The molecule has 12 nitrogen and oxygen atoms in total. The summed E-state index contributed by atoms with van der Waals surface area (Å²) in [6.45, 7) is 1.55. The van der Waals surface area contributed by atoms with Gasteiger partial charge < -0.3 is 4.74 Å². The lowest BCUT2D eigenvalue weighted by Gasteiger charge is -2.10. The number of nitrogens with one attached hydrogen (secondary N) is 1. The van der Waals surface area contributed by atoms with Gasteiger partial charge in [-0.3, -0.25) is 9.59 Å². The first kappa shape index (κ1) is 24.9. The van der Waals surface area contributed by atoms with Crippen LogP contribution in [0.25, 0.3) is 0 Å². The monoisotopic (exact) mass is 527 g/mol. The van der Waals surface area contributed by atoms with Gasteiger partial charge >= 0.3 is 0 Å². The molecule has 0 aliphatic carbocycles. The first-order valence-corrected chi connectivity index (χ1v) is 12.1. The van der Waals surface area contributed by atoms with E-state index in [0.29, 0.717) is 10.8 Å². The van der Waals surface area contributed by atoms with Gasteiger partial charge in [0.15, 0.2) is 11.8 Å². The first-order valence-electron chi connectivity index (χ1n) is 10.3. The Morgan fingerprint density at radius 2 is 1.72 bits per heavy atom. The van der Waals surface area contributed by atoms with Crippen molar-refractivity contribution in [1.29, 1.82) is 0 Å². The summed E-state index contributed by atoms with van der Waals surface area (Å²) in [5, 5.41) is 13.2. The number of halogens is 1. The number of sulfonamides is 1. The van der Waals surface area contributed by atoms with Gasteiger partial charge in [0, 0.05) is 10.6 Å². The number of carbonyl (C=O) groups excluding carboxylic acids is 2. The van der Waals surface area contributed by atoms with Crippen LogP contribution in [-0.2, 0) is 14.8 Å². The molecule has 14 heteroatoms. The van der Waals surface area contributed by atoms with Gasteiger partial charge in [0.05, 0.1) is 35.8 Å². The van der Waals surface area contributed by atoms with Crippen molar-refractivity contribution in [2.24, 2.45) is 15.3 Å². The molecule has 3 aromatic rings. The Balaban J connectivity index is 1.43. The van der Waals surface area contributed by atoms with Crippen LogP contribution in [0.2, 0.25) is 5.02 Å². The lowest BCUT2D eigenvalue weighted by Crippen LogP contribution is -2.34. The summed E-state index contributed by atoms with van der Waals surface area (Å²) >= 11 is 5.84. The molecule has 184 valence electrons. The van der Waals surface area contributed by atoms with Gasteiger partial charge in [-0.05, 0) is 55.5 Å². The number of hydrazone groups is 1. The van der Waals surface area contributed by atoms with Crippen molar-refractivity contribution in [3.05, 3.63) is 71.5 Å². The molecule has 1 N–H and O–H groups in total. The fourth-order valence-corrected chi connectivity index (χ4v) is 4.10. The molecule has 2 amide bonds. The quantitative estimate of drug-likeness (QED) is 0.364. The average Bonchev–Trinajstić information content (AvgIpc) is 3.16. The molecule has 1 aromatic heterocycles. The molecule has 2 aromatic carbocycles. The number of azo groups is 1. The van der Waals surface area contributed by atoms with E-state index in [2.05, 4.69) is 30.0 Å². The summed E-state index contributed by atoms with van der Waals surface area (Å²) in [6, 6.07) is 10.4. The summed E-state index contributed by atoms with van der Waals surface area (Å²) in [4.78, 5) is 33.0. The minimum Gasteiger partial charge on any atom is -0.494 e. The van der Waals surface area contributed by atoms with Crippen molar-refractivity contribution in [3.8, 4) is 5.75 Å². The van der Waals surface area contributed by atoms with Crippen molar-refractivity contribution in [1.82, 2.24) is 15.0 Å². The lowest BCUT2D eigenvalue weighted by atomic mass is 10.2. The molecule has 0 fully saturated rings. The minimum absolute atomic E-state index is 0.0599. The van der Waals surface area contributed by atoms with Crippen molar-refractivity contribution in [2.75, 3.05) is 11.8 Å². The molecule has 1 aliphatic heterocycles. The summed E-state index contributed by atoms with van der Waals surface area (Å²) in [5.74, 6) is -1.01. The predicted octanol–water partition coefficient (Wildman–Crippen LogP) is 3.45. The number of aromatic nitrogens is 2. The molecule has 0 radical (unpaired) electrons. The van der Waals surface area contributed by atoms with Crippen molar-refractivity contribution >= 4 is 50.8 Å². The van der Waals surface area contributed by atoms with Crippen LogP contribution in [0.3, 0.4) is 0 Å². The lowest BCUT2D eigenvalue weighted by molar-refractivity contribution is -0.127. The number of imide groups is 1. The molecular weight excluding hydrogens is 510 g/mol. The molecule has 0 bridgehead atoms. The van der Waals surface area contributed by atoms with Gasteiger partial charge in [-0.25, -0.2) is 23.1 Å². The van der Waals surface area contributed by atoms with E-state index in [9.17, 15) is 18.0 Å². The number of hydrogen-bond donors (Lipinski definition) is 1. The maximum atomic E-state index is 12.7. The molecule has 1 unspecified atom stereocenters. The zero-order chi connectivity index (χ0) is 25.9. The van der Waals surface area contributed by atoms with Gasteiger partial charge in [0.1, 0.15) is 0 Å². The zero-order valence-electron chi connectivity index (χ0n) is 18.9. The summed E-state index contributed by atoms with van der Waals surface area (Å²) < 4.78 is 32.3. The Hall–Kier alpha value is -4.23. The van der Waals surface area contributed by atoms with Crippen LogP contribution < -0.4 is 9.46 Å². The van der Waals surface area contributed by atoms with Gasteiger partial charge in [0.25, 0.3) is 21.8 Å². The van der Waals surface area contributed by atoms with E-state index >= 15 is 0 Å². The second-order valence-corrected chi connectivity index (χ2v) is 9.49. The third-order valence-electron chi connectivity index (χ3n) is 4.90. The third kappa shape index (κ3) is 5.37. The van der Waals surface area contributed by atoms with Crippen molar-refractivity contribution < 1.29 is 22.7 Å². The number of nitrogens with zero attached hydrogens (tertiary/aromatic N) is 6. The molecule has 4 rings (SSSR count). The maximum Gasteiger partial charge on any atom is 0.282 e. The standard InChI is InChI=1S/C22H18ClN7O5S/c1-13-19(21(32)30(28-13)20(31)14-3-5-15(23)6-4-14)27-26-16-7-9-18(10-8-16)36(33,34)29-22-24-11-17(35-2)12-25-22/h3-12,19H,1-2H3,(H,24,25,29). The molecule has 0 saturated carbocycles. The number of anilines is 1. The minimum atomic E-state index is -3.96. The number of rotatable bonds is 7. The van der Waals surface area contributed by atoms with E-state index < -0.39 is 27.9 Å². The SMILES string of the molecule is COc1cnc(NS(=O)(=O)c2ccc(N=NC3C(=O)N(C(=O)c4ccc(Cl)cc4)N=C3C)cc2)nc1. The average molecular weight is 528 g/mol. The normalized spacial score (nSPS) is 15.8. The largest absolute Gasteiger partial charge is 0.494 e. The summed E-state index contributed by atoms with van der Waals surface area (Å²) in [6.07, 6.45) is 2.65. The fraction of sp³-hybridized carbons (Fsp3) is 0.136. The van der Waals surface area contributed by atoms with Crippen LogP contribution in [0.5, 0.6) is 5.75 Å². The second kappa shape index (κ2) is 10.2. The van der Waals surface area contributed by atoms with E-state index in [1.54, 1.807) is 6.92 Å². The third-order valence-corrected chi connectivity index (χ3v) is 6.50. The Kier molecular flexibility index (Phi) is 7.03. The molecule has 0 saturated heterocycles. The van der Waals surface area contributed by atoms with Gasteiger partial charge in [-0.1, -0.05) is 11.6 Å². The van der Waals surface area contributed by atoms with Crippen molar-refractivity contribution in [3.63, 3.8) is 0 Å². The molecule has 2 heterocycles. The number of amides is 2. The molecular formula is C22H18ClN7O5S. The van der Waals surface area contributed by atoms with Crippen LogP contribution in [0, 0.1) is 0 Å². The zero-order valence-corrected chi connectivity index (χ0v) is 20.4. The smallest absolute Gasteiger partial charge is 0.282 e. The highest BCUT2D eigenvalue weighted by Gasteiger charge is 2.38. The van der Waals surface area contributed by atoms with Crippen molar-refractivity contribution in [2.45, 2.75) is 17.9 Å². The first-order chi connectivity index (χ1) is 17.2. The number of ether oxygens (including phenoxy) is 1. The van der Waals surface area contributed by atoms with E-state index in [1.807, 2.05) is 0 Å². The molecule has 1 aliphatic rings. The summed E-state index contributed by atoms with van der Waals surface area (Å²) in [7, 11) is -2.52. The Morgan fingerprint density at radius 1 is 1.08 bits per heavy atom. The van der Waals surface area contributed by atoms with Gasteiger partial charge in [-0.2, -0.15) is 20.3 Å². The van der Waals surface area contributed by atoms with Crippen LogP contribution in [0.15, 0.2) is 81.2 Å². The van der Waals surface area contributed by atoms with E-state index in [0.717, 1.165) is 5.01 Å². The Labute approximate surface area is 210 Å². The Bertz CT molecular complexity index is 1460. The van der Waals surface area contributed by atoms with Gasteiger partial charge in [-0.15, -0.1) is 0 Å². The Morgan fingerprint density at radius 3 is 2.33 bits per heavy atom. The fourth-order valence-electron chi connectivity index (χ4n) is 3.02. The van der Waals surface area contributed by atoms with E-state index in [4.69, 9.17) is 16.3 Å². The van der Waals surface area contributed by atoms with Gasteiger partial charge in [0.2, 0.25) is 5.95 Å².